The number of nitrogens with zero attached hydrogens (tertiary/aromatic N) is 1. The van der Waals surface area contributed by atoms with Gasteiger partial charge in [-0.3, -0.25) is 0 Å². The second kappa shape index (κ2) is 6.17. The van der Waals surface area contributed by atoms with Crippen LogP contribution >= 0.6 is 0 Å². The zero-order valence-corrected chi connectivity index (χ0v) is 12.9. The highest BCUT2D eigenvalue weighted by Crippen LogP contribution is 2.19. The molecule has 1 atom stereocenters. The van der Waals surface area contributed by atoms with Gasteiger partial charge >= 0.3 is 5.97 Å². The molecular formula is C13H20N2O5S. The third-order valence-electron chi connectivity index (χ3n) is 3.67. The summed E-state index contributed by atoms with van der Waals surface area (Å²) < 4.78 is 31.4. The smallest absolute Gasteiger partial charge is 0.371 e. The third kappa shape index (κ3) is 3.84. The number of carbonyl (C=O) groups is 1. The quantitative estimate of drug-likeness (QED) is 0.812. The van der Waals surface area contributed by atoms with Gasteiger partial charge in [0, 0.05) is 19.1 Å². The van der Waals surface area contributed by atoms with Crippen molar-refractivity contribution in [1.82, 2.24) is 9.62 Å². The van der Waals surface area contributed by atoms with Crippen LogP contribution in [-0.4, -0.2) is 50.1 Å². The van der Waals surface area contributed by atoms with Gasteiger partial charge in [0.05, 0.1) is 0 Å². The minimum Gasteiger partial charge on any atom is -0.475 e. The molecule has 1 aliphatic heterocycles. The molecule has 7 nitrogen and oxygen atoms in total. The Hall–Kier alpha value is -1.38. The number of carboxylic acid groups (broad SMARTS) is 1. The maximum absolute atomic E-state index is 12.0. The summed E-state index contributed by atoms with van der Waals surface area (Å²) in [6.45, 7) is 6.38. The topological polar surface area (TPSA) is 99.9 Å². The summed E-state index contributed by atoms with van der Waals surface area (Å²) in [5.41, 5.74) is 0. The Labute approximate surface area is 124 Å². The summed E-state index contributed by atoms with van der Waals surface area (Å²) >= 11 is 0. The third-order valence-corrected chi connectivity index (χ3v) is 4.96. The molecule has 1 fully saturated rings. The Balaban J connectivity index is 1.94. The molecule has 2 N–H and O–H groups in total. The van der Waals surface area contributed by atoms with Crippen LogP contribution in [0, 0.1) is 5.92 Å². The van der Waals surface area contributed by atoms with Crippen LogP contribution in [0.3, 0.4) is 0 Å². The normalized spacial score (nSPS) is 20.2. The molecule has 1 aromatic heterocycles. The maximum atomic E-state index is 12.0. The van der Waals surface area contributed by atoms with E-state index in [0.29, 0.717) is 12.6 Å². The molecular weight excluding hydrogens is 296 g/mol. The van der Waals surface area contributed by atoms with Gasteiger partial charge in [-0.05, 0) is 44.9 Å². The predicted octanol–water partition coefficient (Wildman–Crippen LogP) is 0.986. The number of furan rings is 1. The van der Waals surface area contributed by atoms with Crippen molar-refractivity contribution in [1.29, 1.82) is 0 Å². The second-order valence-corrected chi connectivity index (χ2v) is 7.22. The highest BCUT2D eigenvalue weighted by molar-refractivity contribution is 7.89. The van der Waals surface area contributed by atoms with E-state index >= 15 is 0 Å². The number of hydrogen-bond acceptors (Lipinski definition) is 5. The van der Waals surface area contributed by atoms with Crippen LogP contribution < -0.4 is 4.72 Å². The average molecular weight is 316 g/mol. The lowest BCUT2D eigenvalue weighted by molar-refractivity contribution is 0.0656. The fraction of sp³-hybridized carbons (Fsp3) is 0.615. The number of hydrogen-bond donors (Lipinski definition) is 2. The molecule has 0 saturated carbocycles. The van der Waals surface area contributed by atoms with Crippen LogP contribution in [0.4, 0.5) is 0 Å². The van der Waals surface area contributed by atoms with Gasteiger partial charge in [0.2, 0.25) is 10.9 Å². The van der Waals surface area contributed by atoms with Crippen molar-refractivity contribution in [3.8, 4) is 0 Å². The molecule has 8 heteroatoms. The molecule has 118 valence electrons. The molecule has 0 aromatic carbocycles. The fourth-order valence-electron chi connectivity index (χ4n) is 2.38. The first-order valence-electron chi connectivity index (χ1n) is 6.86. The second-order valence-electron chi connectivity index (χ2n) is 5.52. The number of sulfonamides is 1. The van der Waals surface area contributed by atoms with Crippen LogP contribution in [-0.2, 0) is 10.0 Å². The van der Waals surface area contributed by atoms with Gasteiger partial charge in [0.25, 0.3) is 10.0 Å². The van der Waals surface area contributed by atoms with Crippen molar-refractivity contribution in [2.75, 3.05) is 19.6 Å². The highest BCUT2D eigenvalue weighted by atomic mass is 32.2. The summed E-state index contributed by atoms with van der Waals surface area (Å²) in [5, 5.41) is 8.37. The molecule has 1 aliphatic rings. The van der Waals surface area contributed by atoms with E-state index < -0.39 is 16.0 Å². The lowest BCUT2D eigenvalue weighted by atomic mass is 10.1. The molecule has 0 bridgehead atoms. The first-order chi connectivity index (χ1) is 9.79. The zero-order chi connectivity index (χ0) is 15.6. The molecule has 21 heavy (non-hydrogen) atoms. The van der Waals surface area contributed by atoms with Crippen molar-refractivity contribution in [2.45, 2.75) is 31.4 Å². The molecule has 0 spiro atoms. The predicted molar refractivity (Wildman–Crippen MR) is 75.7 cm³/mol. The lowest BCUT2D eigenvalue weighted by Gasteiger charge is -2.20. The first kappa shape index (κ1) is 16.0. The maximum Gasteiger partial charge on any atom is 0.371 e. The molecule has 1 saturated heterocycles. The van der Waals surface area contributed by atoms with Gasteiger partial charge in [-0.1, -0.05) is 0 Å². The lowest BCUT2D eigenvalue weighted by Crippen LogP contribution is -2.32. The molecule has 1 aromatic rings. The Morgan fingerprint density at radius 1 is 1.52 bits per heavy atom. The number of likely N-dealkylation sites (tertiary alicyclic amines) is 1. The monoisotopic (exact) mass is 316 g/mol. The van der Waals surface area contributed by atoms with Gasteiger partial charge in [0.15, 0.2) is 0 Å². The zero-order valence-electron chi connectivity index (χ0n) is 12.1. The van der Waals surface area contributed by atoms with Crippen LogP contribution in [0.25, 0.3) is 0 Å². The largest absolute Gasteiger partial charge is 0.475 e. The SMILES string of the molecule is CC(C)N1CCC(CNS(=O)(=O)c2ccc(C(=O)O)o2)C1. The Morgan fingerprint density at radius 2 is 2.24 bits per heavy atom. The van der Waals surface area contributed by atoms with Crippen LogP contribution in [0.2, 0.25) is 0 Å². The summed E-state index contributed by atoms with van der Waals surface area (Å²) in [5.74, 6) is -1.42. The van der Waals surface area contributed by atoms with Crippen LogP contribution in [0.5, 0.6) is 0 Å². The summed E-state index contributed by atoms with van der Waals surface area (Å²) in [6, 6.07) is 2.74. The van der Waals surface area contributed by atoms with Gasteiger partial charge in [0.1, 0.15) is 0 Å². The number of rotatable bonds is 6. The molecule has 2 rings (SSSR count). The minimum atomic E-state index is -3.80. The van der Waals surface area contributed by atoms with Crippen molar-refractivity contribution < 1.29 is 22.7 Å². The van der Waals surface area contributed by atoms with E-state index in [9.17, 15) is 13.2 Å². The molecule has 1 unspecified atom stereocenters. The first-order valence-corrected chi connectivity index (χ1v) is 8.35. The van der Waals surface area contributed by atoms with Gasteiger partial charge in [-0.25, -0.2) is 17.9 Å². The fourth-order valence-corrected chi connectivity index (χ4v) is 3.42. The molecule has 2 heterocycles. The van der Waals surface area contributed by atoms with E-state index in [1.807, 2.05) is 0 Å². The molecule has 0 radical (unpaired) electrons. The summed E-state index contributed by atoms with van der Waals surface area (Å²) in [7, 11) is -3.80. The van der Waals surface area contributed by atoms with E-state index in [1.165, 1.54) is 0 Å². The van der Waals surface area contributed by atoms with Crippen molar-refractivity contribution >= 4 is 16.0 Å². The van der Waals surface area contributed by atoms with Crippen molar-refractivity contribution in [2.24, 2.45) is 5.92 Å². The Morgan fingerprint density at radius 3 is 2.76 bits per heavy atom. The number of nitrogens with one attached hydrogen (secondary N) is 1. The van der Waals surface area contributed by atoms with E-state index in [1.54, 1.807) is 0 Å². The summed E-state index contributed by atoms with van der Waals surface area (Å²) in [6.07, 6.45) is 0.944. The summed E-state index contributed by atoms with van der Waals surface area (Å²) in [4.78, 5) is 13.0. The van der Waals surface area contributed by atoms with Gasteiger partial charge in [-0.15, -0.1) is 0 Å². The van der Waals surface area contributed by atoms with Crippen LogP contribution in [0.1, 0.15) is 30.8 Å². The van der Waals surface area contributed by atoms with Crippen LogP contribution in [0.15, 0.2) is 21.6 Å². The Kier molecular flexibility index (Phi) is 4.70. The Bertz CT molecular complexity index is 608. The molecule has 0 amide bonds. The van der Waals surface area contributed by atoms with E-state index in [-0.39, 0.29) is 16.8 Å². The van der Waals surface area contributed by atoms with E-state index in [2.05, 4.69) is 23.5 Å². The van der Waals surface area contributed by atoms with Gasteiger partial charge < -0.3 is 14.4 Å². The average Bonchev–Trinajstić information content (AvgIpc) is 3.06. The van der Waals surface area contributed by atoms with E-state index in [0.717, 1.165) is 31.6 Å². The molecule has 0 aliphatic carbocycles. The highest BCUT2D eigenvalue weighted by Gasteiger charge is 2.27. The standard InChI is InChI=1S/C13H20N2O5S/c1-9(2)15-6-5-10(8-15)7-14-21(18,19)12-4-3-11(20-12)13(16)17/h3-4,9-10,14H,5-8H2,1-2H3,(H,16,17). The number of carboxylic acids is 1. The minimum absolute atomic E-state index is 0.260. The van der Waals surface area contributed by atoms with Crippen molar-refractivity contribution in [3.05, 3.63) is 17.9 Å². The van der Waals surface area contributed by atoms with Crippen molar-refractivity contribution in [3.63, 3.8) is 0 Å². The number of aromatic carboxylic acids is 1. The van der Waals surface area contributed by atoms with E-state index in [4.69, 9.17) is 9.52 Å². The van der Waals surface area contributed by atoms with Gasteiger partial charge in [-0.2, -0.15) is 0 Å².